The average molecular weight is 299 g/mol. The summed E-state index contributed by atoms with van der Waals surface area (Å²) in [7, 11) is 0. The number of hydrogen-bond acceptors (Lipinski definition) is 5. The number of pyridine rings is 1. The van der Waals surface area contributed by atoms with Crippen LogP contribution in [0, 0.1) is 6.92 Å². The molecule has 6 nitrogen and oxygen atoms in total. The number of carbonyl (C=O) groups excluding carboxylic acids is 1. The normalized spacial score (nSPS) is 10.3. The van der Waals surface area contributed by atoms with E-state index in [9.17, 15) is 4.79 Å². The largest absolute Gasteiger partial charge is 0.350 e. The molecule has 0 unspecified atom stereocenters. The van der Waals surface area contributed by atoms with Crippen LogP contribution < -0.4 is 5.32 Å². The second-order valence-electron chi connectivity index (χ2n) is 4.90. The van der Waals surface area contributed by atoms with Crippen LogP contribution in [0.3, 0.4) is 0 Å². The minimum atomic E-state index is -0.0672. The first-order valence-corrected chi connectivity index (χ1v) is 7.41. The van der Waals surface area contributed by atoms with Gasteiger partial charge in [0, 0.05) is 37.7 Å². The zero-order valence-corrected chi connectivity index (χ0v) is 13.2. The van der Waals surface area contributed by atoms with Crippen LogP contribution >= 0.6 is 0 Å². The summed E-state index contributed by atoms with van der Waals surface area (Å²) in [5.41, 5.74) is 2.27. The van der Waals surface area contributed by atoms with Crippen LogP contribution in [0.25, 0.3) is 0 Å². The molecule has 0 spiro atoms. The van der Waals surface area contributed by atoms with Gasteiger partial charge < -0.3 is 10.2 Å². The fourth-order valence-corrected chi connectivity index (χ4v) is 2.11. The maximum absolute atomic E-state index is 12.4. The van der Waals surface area contributed by atoms with Crippen molar-refractivity contribution in [3.8, 4) is 0 Å². The van der Waals surface area contributed by atoms with Crippen molar-refractivity contribution >= 4 is 11.9 Å². The number of carbonyl (C=O) groups is 1. The Labute approximate surface area is 130 Å². The van der Waals surface area contributed by atoms with Crippen molar-refractivity contribution in [1.82, 2.24) is 19.9 Å². The van der Waals surface area contributed by atoms with Crippen molar-refractivity contribution in [3.63, 3.8) is 0 Å². The van der Waals surface area contributed by atoms with Gasteiger partial charge in [0.25, 0.3) is 5.91 Å². The monoisotopic (exact) mass is 299 g/mol. The van der Waals surface area contributed by atoms with Gasteiger partial charge in [0.2, 0.25) is 5.95 Å². The number of nitrogens with zero attached hydrogens (tertiary/aromatic N) is 4. The van der Waals surface area contributed by atoms with Crippen LogP contribution in [0.4, 0.5) is 5.95 Å². The highest BCUT2D eigenvalue weighted by molar-refractivity contribution is 5.92. The molecule has 2 aromatic rings. The van der Waals surface area contributed by atoms with Gasteiger partial charge in [-0.2, -0.15) is 0 Å². The maximum Gasteiger partial charge on any atom is 0.272 e. The van der Waals surface area contributed by atoms with Crippen molar-refractivity contribution in [2.75, 3.05) is 18.4 Å². The van der Waals surface area contributed by atoms with Crippen molar-refractivity contribution in [3.05, 3.63) is 47.5 Å². The van der Waals surface area contributed by atoms with E-state index in [0.29, 0.717) is 31.3 Å². The molecule has 1 amide bonds. The molecule has 116 valence electrons. The maximum atomic E-state index is 12.4. The smallest absolute Gasteiger partial charge is 0.272 e. The third-order valence-corrected chi connectivity index (χ3v) is 3.32. The Kier molecular flexibility index (Phi) is 5.41. The summed E-state index contributed by atoms with van der Waals surface area (Å²) >= 11 is 0. The summed E-state index contributed by atoms with van der Waals surface area (Å²) in [6.07, 6.45) is 3.48. The Hall–Kier alpha value is -2.50. The number of rotatable bonds is 6. The Morgan fingerprint density at radius 1 is 1.18 bits per heavy atom. The highest BCUT2D eigenvalue weighted by Gasteiger charge is 2.15. The minimum absolute atomic E-state index is 0.0672. The van der Waals surface area contributed by atoms with E-state index < -0.39 is 0 Å². The molecule has 1 N–H and O–H groups in total. The Morgan fingerprint density at radius 2 is 1.86 bits per heavy atom. The predicted octanol–water partition coefficient (Wildman–Crippen LogP) is 2.27. The summed E-state index contributed by atoms with van der Waals surface area (Å²) in [4.78, 5) is 26.8. The van der Waals surface area contributed by atoms with E-state index in [1.54, 1.807) is 23.4 Å². The molecule has 0 saturated heterocycles. The lowest BCUT2D eigenvalue weighted by Gasteiger charge is -2.18. The number of anilines is 1. The van der Waals surface area contributed by atoms with Gasteiger partial charge in [-0.1, -0.05) is 0 Å². The summed E-state index contributed by atoms with van der Waals surface area (Å²) in [5, 5.41) is 3.15. The third-order valence-electron chi connectivity index (χ3n) is 3.32. The molecule has 0 bridgehead atoms. The van der Waals surface area contributed by atoms with E-state index in [-0.39, 0.29) is 5.91 Å². The van der Waals surface area contributed by atoms with Crippen molar-refractivity contribution in [2.24, 2.45) is 0 Å². The first kappa shape index (κ1) is 15.9. The van der Waals surface area contributed by atoms with Gasteiger partial charge in [-0.25, -0.2) is 9.97 Å². The summed E-state index contributed by atoms with van der Waals surface area (Å²) in [6, 6.07) is 5.56. The zero-order valence-electron chi connectivity index (χ0n) is 13.2. The van der Waals surface area contributed by atoms with Crippen molar-refractivity contribution < 1.29 is 4.79 Å². The molecule has 2 rings (SSSR count). The second kappa shape index (κ2) is 7.49. The Bertz CT molecular complexity index is 626. The van der Waals surface area contributed by atoms with E-state index in [0.717, 1.165) is 11.3 Å². The molecule has 0 aliphatic carbocycles. The number of amides is 1. The van der Waals surface area contributed by atoms with Crippen LogP contribution in [0.2, 0.25) is 0 Å². The van der Waals surface area contributed by atoms with E-state index in [2.05, 4.69) is 20.3 Å². The van der Waals surface area contributed by atoms with Gasteiger partial charge in [0.15, 0.2) is 0 Å². The van der Waals surface area contributed by atoms with Gasteiger partial charge in [0.1, 0.15) is 5.69 Å². The predicted molar refractivity (Wildman–Crippen MR) is 85.6 cm³/mol. The minimum Gasteiger partial charge on any atom is -0.350 e. The number of hydrogen-bond donors (Lipinski definition) is 1. The number of aryl methyl sites for hydroxylation is 1. The highest BCUT2D eigenvalue weighted by atomic mass is 16.2. The third kappa shape index (κ3) is 4.00. The summed E-state index contributed by atoms with van der Waals surface area (Å²) in [6.45, 7) is 7.69. The molecular formula is C16H21N5O. The molecule has 0 fully saturated rings. The first-order valence-electron chi connectivity index (χ1n) is 7.41. The SMILES string of the molecule is CCN(CC)C(=O)c1cc(C)nc(NCc2ccncc2)n1. The van der Waals surface area contributed by atoms with Crippen LogP contribution in [0.15, 0.2) is 30.6 Å². The highest BCUT2D eigenvalue weighted by Crippen LogP contribution is 2.09. The molecule has 6 heteroatoms. The standard InChI is InChI=1S/C16H21N5O/c1-4-21(5-2)15(22)14-10-12(3)19-16(20-14)18-11-13-6-8-17-9-7-13/h6-10H,4-5,11H2,1-3H3,(H,18,19,20). The quantitative estimate of drug-likeness (QED) is 0.886. The molecule has 0 aliphatic rings. The molecule has 0 aliphatic heterocycles. The van der Waals surface area contributed by atoms with Gasteiger partial charge in [-0.05, 0) is 44.5 Å². The lowest BCUT2D eigenvalue weighted by Crippen LogP contribution is -2.31. The fraction of sp³-hybridized carbons (Fsp3) is 0.375. The molecule has 2 aromatic heterocycles. The number of nitrogens with one attached hydrogen (secondary N) is 1. The number of aromatic nitrogens is 3. The van der Waals surface area contributed by atoms with Gasteiger partial charge in [-0.3, -0.25) is 9.78 Å². The summed E-state index contributed by atoms with van der Waals surface area (Å²) < 4.78 is 0. The lowest BCUT2D eigenvalue weighted by atomic mass is 10.2. The van der Waals surface area contributed by atoms with Crippen LogP contribution in [-0.2, 0) is 6.54 Å². The molecule has 0 radical (unpaired) electrons. The Balaban J connectivity index is 2.14. The fourth-order valence-electron chi connectivity index (χ4n) is 2.11. The first-order chi connectivity index (χ1) is 10.6. The van der Waals surface area contributed by atoms with Gasteiger partial charge >= 0.3 is 0 Å². The van der Waals surface area contributed by atoms with E-state index in [4.69, 9.17) is 0 Å². The molecular weight excluding hydrogens is 278 g/mol. The van der Waals surface area contributed by atoms with E-state index >= 15 is 0 Å². The Morgan fingerprint density at radius 3 is 2.50 bits per heavy atom. The van der Waals surface area contributed by atoms with Crippen LogP contribution in [-0.4, -0.2) is 38.8 Å². The summed E-state index contributed by atoms with van der Waals surface area (Å²) in [5.74, 6) is 0.398. The zero-order chi connectivity index (χ0) is 15.9. The van der Waals surface area contributed by atoms with Gasteiger partial charge in [0.05, 0.1) is 0 Å². The van der Waals surface area contributed by atoms with E-state index in [1.807, 2.05) is 32.9 Å². The van der Waals surface area contributed by atoms with Crippen LogP contribution in [0.1, 0.15) is 35.6 Å². The van der Waals surface area contributed by atoms with Crippen molar-refractivity contribution in [2.45, 2.75) is 27.3 Å². The van der Waals surface area contributed by atoms with Crippen molar-refractivity contribution in [1.29, 1.82) is 0 Å². The molecule has 0 aromatic carbocycles. The van der Waals surface area contributed by atoms with E-state index in [1.165, 1.54) is 0 Å². The molecule has 22 heavy (non-hydrogen) atoms. The molecule has 2 heterocycles. The lowest BCUT2D eigenvalue weighted by molar-refractivity contribution is 0.0767. The average Bonchev–Trinajstić information content (AvgIpc) is 2.54. The van der Waals surface area contributed by atoms with Crippen LogP contribution in [0.5, 0.6) is 0 Å². The molecule has 0 saturated carbocycles. The molecule has 0 atom stereocenters. The topological polar surface area (TPSA) is 71.0 Å². The second-order valence-corrected chi connectivity index (χ2v) is 4.90. The van der Waals surface area contributed by atoms with Gasteiger partial charge in [-0.15, -0.1) is 0 Å².